The summed E-state index contributed by atoms with van der Waals surface area (Å²) in [7, 11) is -1.33. The van der Waals surface area contributed by atoms with Gasteiger partial charge in [-0.05, 0) is 18.2 Å². The predicted octanol–water partition coefficient (Wildman–Crippen LogP) is 0.381. The maximum atomic E-state index is 10.1. The summed E-state index contributed by atoms with van der Waals surface area (Å²) in [5.41, 5.74) is 0.660. The van der Waals surface area contributed by atoms with Gasteiger partial charge in [-0.1, -0.05) is 12.1 Å². The molecule has 0 fully saturated rings. The van der Waals surface area contributed by atoms with Gasteiger partial charge >= 0.3 is 0 Å². The maximum absolute atomic E-state index is 10.1. The third kappa shape index (κ3) is 2.52. The van der Waals surface area contributed by atoms with E-state index in [1.54, 1.807) is 24.3 Å². The summed E-state index contributed by atoms with van der Waals surface area (Å²) in [5.74, 6) is 0. The zero-order valence-electron chi connectivity index (χ0n) is 6.43. The minimum Gasteiger partial charge on any atom is -0.240 e. The van der Waals surface area contributed by atoms with E-state index < -0.39 is 11.0 Å². The van der Waals surface area contributed by atoms with Gasteiger partial charge in [0.15, 0.2) is 0 Å². The second-order valence-corrected chi connectivity index (χ2v) is 2.67. The summed E-state index contributed by atoms with van der Waals surface area (Å²) in [6.07, 6.45) is 0. The Bertz CT molecular complexity index is 302. The molecule has 0 N–H and O–H groups in total. The van der Waals surface area contributed by atoms with Crippen LogP contribution in [0.25, 0.3) is 0 Å². The lowest BCUT2D eigenvalue weighted by atomic mass is 10.3. The Labute approximate surface area is 72.5 Å². The molecule has 0 unspecified atom stereocenters. The van der Waals surface area contributed by atoms with Crippen molar-refractivity contribution in [3.05, 3.63) is 30.3 Å². The topological polar surface area (TPSA) is 46.6 Å². The SMILES string of the molecule is CN(O[SH](=O)=O)c1cc[c]cc1. The van der Waals surface area contributed by atoms with E-state index in [9.17, 15) is 8.42 Å². The number of rotatable bonds is 3. The number of benzene rings is 1. The number of hydrogen-bond acceptors (Lipinski definition) is 4. The molecule has 1 aromatic carbocycles. The molecule has 0 atom stereocenters. The van der Waals surface area contributed by atoms with E-state index in [0.29, 0.717) is 5.69 Å². The molecule has 12 heavy (non-hydrogen) atoms. The van der Waals surface area contributed by atoms with Gasteiger partial charge in [0.1, 0.15) is 0 Å². The Hall–Kier alpha value is -1.07. The van der Waals surface area contributed by atoms with Gasteiger partial charge in [0.05, 0.1) is 5.69 Å². The third-order valence-electron chi connectivity index (χ3n) is 1.25. The van der Waals surface area contributed by atoms with Gasteiger partial charge in [0.2, 0.25) is 0 Å². The Morgan fingerprint density at radius 3 is 2.50 bits per heavy atom. The fraction of sp³-hybridized carbons (Fsp3) is 0.143. The molecular formula is C7H8NO3S. The highest BCUT2D eigenvalue weighted by molar-refractivity contribution is 7.67. The van der Waals surface area contributed by atoms with Gasteiger partial charge in [-0.3, -0.25) is 0 Å². The van der Waals surface area contributed by atoms with Gasteiger partial charge in [-0.15, -0.1) is 0 Å². The smallest absolute Gasteiger partial charge is 0.240 e. The summed E-state index contributed by atoms with van der Waals surface area (Å²) in [6, 6.07) is 9.54. The number of nitrogens with zero attached hydrogens (tertiary/aromatic N) is 1. The zero-order valence-corrected chi connectivity index (χ0v) is 7.32. The number of hydroxylamine groups is 1. The molecule has 0 spiro atoms. The van der Waals surface area contributed by atoms with Crippen LogP contribution < -0.4 is 5.06 Å². The molecule has 1 rings (SSSR count). The first kappa shape index (κ1) is 9.02. The molecule has 0 aliphatic carbocycles. The average Bonchev–Trinajstić information content (AvgIpc) is 2.05. The molecule has 65 valence electrons. The standard InChI is InChI=1S/C7H8NO3S/c1-8(11-12(9)10)7-5-3-2-4-6-7/h3-6,12H,1H3. The fourth-order valence-electron chi connectivity index (χ4n) is 0.735. The highest BCUT2D eigenvalue weighted by Crippen LogP contribution is 2.10. The molecule has 1 aromatic rings. The highest BCUT2D eigenvalue weighted by Gasteiger charge is 1.99. The minimum atomic E-state index is -2.85. The van der Waals surface area contributed by atoms with Gasteiger partial charge in [-0.2, -0.15) is 4.28 Å². The Kier molecular flexibility index (Phi) is 3.07. The quantitative estimate of drug-likeness (QED) is 0.547. The van der Waals surface area contributed by atoms with Crippen LogP contribution in [0.1, 0.15) is 0 Å². The van der Waals surface area contributed by atoms with E-state index >= 15 is 0 Å². The lowest BCUT2D eigenvalue weighted by molar-refractivity contribution is 0.320. The van der Waals surface area contributed by atoms with E-state index in [0.717, 1.165) is 0 Å². The molecule has 0 aromatic heterocycles. The lowest BCUT2D eigenvalue weighted by Gasteiger charge is -2.12. The van der Waals surface area contributed by atoms with Crippen molar-refractivity contribution in [1.29, 1.82) is 0 Å². The first-order valence-electron chi connectivity index (χ1n) is 3.22. The van der Waals surface area contributed by atoms with E-state index in [-0.39, 0.29) is 0 Å². The van der Waals surface area contributed by atoms with Crippen molar-refractivity contribution in [1.82, 2.24) is 0 Å². The van der Waals surface area contributed by atoms with Crippen LogP contribution in [0.15, 0.2) is 24.3 Å². The predicted molar refractivity (Wildman–Crippen MR) is 45.1 cm³/mol. The molecule has 0 saturated carbocycles. The van der Waals surface area contributed by atoms with Crippen molar-refractivity contribution in [3.8, 4) is 0 Å². The van der Waals surface area contributed by atoms with E-state index in [1.165, 1.54) is 12.1 Å². The zero-order chi connectivity index (χ0) is 8.97. The van der Waals surface area contributed by atoms with Crippen LogP contribution in [-0.2, 0) is 15.3 Å². The second kappa shape index (κ2) is 4.08. The molecule has 1 radical (unpaired) electrons. The Morgan fingerprint density at radius 2 is 2.00 bits per heavy atom. The first-order valence-corrected chi connectivity index (χ1v) is 4.32. The third-order valence-corrected chi connectivity index (χ3v) is 1.63. The van der Waals surface area contributed by atoms with Crippen molar-refractivity contribution >= 4 is 16.7 Å². The van der Waals surface area contributed by atoms with Gasteiger partial charge in [-0.25, -0.2) is 13.5 Å². The Balaban J connectivity index is 2.71. The first-order chi connectivity index (χ1) is 5.70. The number of anilines is 1. The summed E-state index contributed by atoms with van der Waals surface area (Å²) in [4.78, 5) is 0. The molecule has 0 amide bonds. The van der Waals surface area contributed by atoms with Crippen LogP contribution in [-0.4, -0.2) is 15.5 Å². The molecule has 5 heteroatoms. The van der Waals surface area contributed by atoms with Crippen LogP contribution in [0.3, 0.4) is 0 Å². The van der Waals surface area contributed by atoms with Crippen LogP contribution in [0.2, 0.25) is 0 Å². The van der Waals surface area contributed by atoms with Crippen LogP contribution in [0, 0.1) is 6.07 Å². The summed E-state index contributed by atoms with van der Waals surface area (Å²) in [6.45, 7) is 0. The van der Waals surface area contributed by atoms with Gasteiger partial charge < -0.3 is 0 Å². The molecule has 0 aliphatic rings. The second-order valence-electron chi connectivity index (χ2n) is 2.06. The molecule has 0 aliphatic heterocycles. The lowest BCUT2D eigenvalue weighted by Crippen LogP contribution is -2.16. The van der Waals surface area contributed by atoms with Crippen molar-refractivity contribution in [2.24, 2.45) is 0 Å². The molecular weight excluding hydrogens is 178 g/mol. The summed E-state index contributed by atoms with van der Waals surface area (Å²) >= 11 is 0. The fourth-order valence-corrected chi connectivity index (χ4v) is 1.03. The van der Waals surface area contributed by atoms with Crippen molar-refractivity contribution in [2.45, 2.75) is 0 Å². The van der Waals surface area contributed by atoms with E-state index in [4.69, 9.17) is 0 Å². The molecule has 0 saturated heterocycles. The molecule has 0 bridgehead atoms. The summed E-state index contributed by atoms with van der Waals surface area (Å²) < 4.78 is 24.7. The van der Waals surface area contributed by atoms with Crippen LogP contribution in [0.5, 0.6) is 0 Å². The normalized spacial score (nSPS) is 10.2. The van der Waals surface area contributed by atoms with Gasteiger partial charge in [0, 0.05) is 7.05 Å². The maximum Gasteiger partial charge on any atom is 0.277 e. The Morgan fingerprint density at radius 1 is 1.42 bits per heavy atom. The largest absolute Gasteiger partial charge is 0.277 e. The highest BCUT2D eigenvalue weighted by atomic mass is 32.2. The monoisotopic (exact) mass is 186 g/mol. The number of hydrogen-bond donors (Lipinski definition) is 1. The molecule has 0 heterocycles. The van der Waals surface area contributed by atoms with E-state index in [1.807, 2.05) is 0 Å². The van der Waals surface area contributed by atoms with Gasteiger partial charge in [0.25, 0.3) is 11.0 Å². The minimum absolute atomic E-state index is 0.660. The van der Waals surface area contributed by atoms with Crippen LogP contribution >= 0.6 is 0 Å². The van der Waals surface area contributed by atoms with Crippen molar-refractivity contribution in [3.63, 3.8) is 0 Å². The molecule has 4 nitrogen and oxygen atoms in total. The van der Waals surface area contributed by atoms with E-state index in [2.05, 4.69) is 10.4 Å². The van der Waals surface area contributed by atoms with Crippen molar-refractivity contribution in [2.75, 3.05) is 12.1 Å². The van der Waals surface area contributed by atoms with Crippen LogP contribution in [0.4, 0.5) is 5.69 Å². The average molecular weight is 186 g/mol. The number of thiol groups is 1. The summed E-state index contributed by atoms with van der Waals surface area (Å²) in [5, 5.41) is 1.17. The van der Waals surface area contributed by atoms with Crippen molar-refractivity contribution < 1.29 is 12.7 Å².